The quantitative estimate of drug-likeness (QED) is 0.130. The molecule has 0 aliphatic heterocycles. The van der Waals surface area contributed by atoms with Gasteiger partial charge >= 0.3 is 5.97 Å². The average Bonchev–Trinajstić information content (AvgIpc) is 3.47. The number of carboxylic acids is 1. The van der Waals surface area contributed by atoms with Crippen molar-refractivity contribution in [2.75, 3.05) is 18.4 Å². The molecule has 6 rings (SSSR count). The largest absolute Gasteiger partial charge is 0.478 e. The maximum absolute atomic E-state index is 11.5. The van der Waals surface area contributed by atoms with Gasteiger partial charge in [0.2, 0.25) is 0 Å². The fourth-order valence-electron chi connectivity index (χ4n) is 4.94. The minimum Gasteiger partial charge on any atom is -0.478 e. The normalized spacial score (nSPS) is 11.3. The third-order valence-corrected chi connectivity index (χ3v) is 7.38. The van der Waals surface area contributed by atoms with Gasteiger partial charge in [-0.05, 0) is 35.4 Å². The van der Waals surface area contributed by atoms with Crippen molar-refractivity contribution in [3.05, 3.63) is 113 Å². The van der Waals surface area contributed by atoms with Crippen molar-refractivity contribution in [3.8, 4) is 11.1 Å². The zero-order valence-corrected chi connectivity index (χ0v) is 23.4. The van der Waals surface area contributed by atoms with Crippen molar-refractivity contribution < 1.29 is 9.90 Å². The second-order valence-corrected chi connectivity index (χ2v) is 10.3. The second-order valence-electron chi connectivity index (χ2n) is 9.93. The molecule has 0 bridgehead atoms. The third-order valence-electron chi connectivity index (χ3n) is 7.07. The van der Waals surface area contributed by atoms with E-state index in [1.807, 2.05) is 36.5 Å². The summed E-state index contributed by atoms with van der Waals surface area (Å²) >= 11 is 6.55. The lowest BCUT2D eigenvalue weighted by atomic mass is 10.0. The first kappa shape index (κ1) is 27.3. The third kappa shape index (κ3) is 6.07. The number of aromatic nitrogens is 5. The van der Waals surface area contributed by atoms with E-state index in [2.05, 4.69) is 50.2 Å². The zero-order valence-electron chi connectivity index (χ0n) is 22.7. The highest BCUT2D eigenvalue weighted by atomic mass is 35.5. The fourth-order valence-corrected chi connectivity index (χ4v) is 5.25. The van der Waals surface area contributed by atoms with E-state index in [0.717, 1.165) is 56.5 Å². The topological polar surface area (TPSA) is 118 Å². The van der Waals surface area contributed by atoms with Gasteiger partial charge in [0.05, 0.1) is 23.3 Å². The molecule has 3 aromatic heterocycles. The molecule has 10 heteroatoms. The molecule has 3 aromatic carbocycles. The van der Waals surface area contributed by atoms with Gasteiger partial charge in [0.25, 0.3) is 0 Å². The number of fused-ring (bicyclic) bond motifs is 3. The summed E-state index contributed by atoms with van der Waals surface area (Å²) < 4.78 is 1.80. The molecule has 6 aromatic rings. The molecule has 0 fully saturated rings. The van der Waals surface area contributed by atoms with Crippen LogP contribution in [-0.2, 0) is 19.5 Å². The van der Waals surface area contributed by atoms with Crippen LogP contribution in [0.15, 0.2) is 91.4 Å². The van der Waals surface area contributed by atoms with Crippen LogP contribution in [0.2, 0.25) is 5.02 Å². The molecule has 0 radical (unpaired) electrons. The Kier molecular flexibility index (Phi) is 8.02. The van der Waals surface area contributed by atoms with E-state index in [1.165, 1.54) is 0 Å². The number of pyridine rings is 2. The lowest BCUT2D eigenvalue weighted by Crippen LogP contribution is -2.16. The van der Waals surface area contributed by atoms with Crippen molar-refractivity contribution in [2.45, 2.75) is 19.5 Å². The minimum absolute atomic E-state index is 0.193. The van der Waals surface area contributed by atoms with Gasteiger partial charge in [-0.15, -0.1) is 5.10 Å². The van der Waals surface area contributed by atoms with Crippen LogP contribution in [0, 0.1) is 0 Å². The van der Waals surface area contributed by atoms with Crippen LogP contribution < -0.4 is 10.6 Å². The van der Waals surface area contributed by atoms with E-state index in [0.29, 0.717) is 31.0 Å². The first-order chi connectivity index (χ1) is 20.5. The van der Waals surface area contributed by atoms with E-state index >= 15 is 0 Å². The molecule has 0 aliphatic carbocycles. The number of nitrogens with zero attached hydrogens (tertiary/aromatic N) is 5. The summed E-state index contributed by atoms with van der Waals surface area (Å²) in [5.41, 5.74) is 4.96. The zero-order chi connectivity index (χ0) is 28.9. The van der Waals surface area contributed by atoms with Gasteiger partial charge in [-0.1, -0.05) is 65.3 Å². The summed E-state index contributed by atoms with van der Waals surface area (Å²) in [6, 6.07) is 23.2. The highest BCUT2D eigenvalue weighted by Gasteiger charge is 2.12. The summed E-state index contributed by atoms with van der Waals surface area (Å²) in [4.78, 5) is 20.4. The Morgan fingerprint density at radius 3 is 2.67 bits per heavy atom. The number of hydrogen-bond donors (Lipinski definition) is 3. The monoisotopic (exact) mass is 577 g/mol. The Hall–Kier alpha value is -4.86. The van der Waals surface area contributed by atoms with Gasteiger partial charge in [-0.25, -0.2) is 9.78 Å². The Morgan fingerprint density at radius 2 is 1.83 bits per heavy atom. The summed E-state index contributed by atoms with van der Waals surface area (Å²) in [5, 5.41) is 28.2. The fraction of sp³-hybridized carbons (Fsp3) is 0.156. The van der Waals surface area contributed by atoms with Gasteiger partial charge < -0.3 is 15.7 Å². The molecule has 0 atom stereocenters. The summed E-state index contributed by atoms with van der Waals surface area (Å²) in [7, 11) is 0. The number of rotatable bonds is 11. The molecule has 9 nitrogen and oxygen atoms in total. The van der Waals surface area contributed by atoms with Gasteiger partial charge in [-0.2, -0.15) is 0 Å². The highest BCUT2D eigenvalue weighted by Crippen LogP contribution is 2.30. The minimum atomic E-state index is -0.987. The molecule has 0 spiro atoms. The number of anilines is 1. The van der Waals surface area contributed by atoms with Crippen LogP contribution in [0.25, 0.3) is 32.8 Å². The molecule has 210 valence electrons. The number of carboxylic acid groups (broad SMARTS) is 1. The van der Waals surface area contributed by atoms with Crippen molar-refractivity contribution in [1.82, 2.24) is 30.3 Å². The number of nitrogens with one attached hydrogen (secondary N) is 2. The molecular weight excluding hydrogens is 550 g/mol. The SMILES string of the molecule is O=C(O)c1ccc2c(c1)nc(NCCn1cc(CCNCc3ccc(-c4ccccc4)c(Cl)c3)nn1)c1ccncc12. The number of carbonyl (C=O) groups is 1. The molecule has 0 saturated heterocycles. The maximum Gasteiger partial charge on any atom is 0.335 e. The van der Waals surface area contributed by atoms with Crippen molar-refractivity contribution >= 4 is 45.1 Å². The molecular formula is C32H28ClN7O2. The molecule has 0 unspecified atom stereocenters. The number of aromatic carboxylic acids is 1. The Balaban J connectivity index is 1.02. The molecule has 0 aliphatic rings. The van der Waals surface area contributed by atoms with E-state index in [-0.39, 0.29) is 5.56 Å². The van der Waals surface area contributed by atoms with E-state index in [4.69, 9.17) is 16.6 Å². The van der Waals surface area contributed by atoms with Gasteiger partial charge in [0, 0.05) is 71.4 Å². The van der Waals surface area contributed by atoms with Crippen molar-refractivity contribution in [1.29, 1.82) is 0 Å². The van der Waals surface area contributed by atoms with Gasteiger partial charge in [0.15, 0.2) is 0 Å². The van der Waals surface area contributed by atoms with Gasteiger partial charge in [0.1, 0.15) is 5.82 Å². The maximum atomic E-state index is 11.5. The lowest BCUT2D eigenvalue weighted by molar-refractivity contribution is 0.0697. The second kappa shape index (κ2) is 12.3. The first-order valence-corrected chi connectivity index (χ1v) is 14.0. The molecule has 0 amide bonds. The Labute approximate surface area is 247 Å². The number of benzene rings is 3. The standard InChI is InChI=1S/C32H28ClN7O2/c33-29-16-21(6-8-25(29)22-4-2-1-3-5-22)18-34-12-10-24-20-40(39-38-24)15-14-36-31-27-11-13-35-19-28(27)26-9-7-23(32(41)42)17-30(26)37-31/h1-9,11,13,16-17,19-20,34H,10,12,14-15,18H2,(H,36,37)(H,41,42). The van der Waals surface area contributed by atoms with Crippen molar-refractivity contribution in [2.24, 2.45) is 0 Å². The smallest absolute Gasteiger partial charge is 0.335 e. The molecule has 0 saturated carbocycles. The lowest BCUT2D eigenvalue weighted by Gasteiger charge is -2.11. The predicted octanol–water partition coefficient (Wildman–Crippen LogP) is 5.84. The average molecular weight is 578 g/mol. The Bertz CT molecular complexity index is 1870. The molecule has 42 heavy (non-hydrogen) atoms. The van der Waals surface area contributed by atoms with Crippen LogP contribution >= 0.6 is 11.6 Å². The van der Waals surface area contributed by atoms with E-state index in [1.54, 1.807) is 35.3 Å². The summed E-state index contributed by atoms with van der Waals surface area (Å²) in [6.45, 7) is 2.63. The van der Waals surface area contributed by atoms with E-state index < -0.39 is 5.97 Å². The van der Waals surface area contributed by atoms with Crippen LogP contribution in [0.5, 0.6) is 0 Å². The Morgan fingerprint density at radius 1 is 0.952 bits per heavy atom. The molecule has 3 N–H and O–H groups in total. The number of hydrogen-bond acceptors (Lipinski definition) is 7. The van der Waals surface area contributed by atoms with Crippen molar-refractivity contribution in [3.63, 3.8) is 0 Å². The van der Waals surface area contributed by atoms with Crippen LogP contribution in [0.4, 0.5) is 5.82 Å². The predicted molar refractivity (Wildman–Crippen MR) is 165 cm³/mol. The summed E-state index contributed by atoms with van der Waals surface area (Å²) in [6.07, 6.45) is 6.19. The number of halogens is 1. The summed E-state index contributed by atoms with van der Waals surface area (Å²) in [5.74, 6) is -0.317. The molecule has 3 heterocycles. The highest BCUT2D eigenvalue weighted by molar-refractivity contribution is 6.33. The van der Waals surface area contributed by atoms with Crippen LogP contribution in [-0.4, -0.2) is 49.1 Å². The first-order valence-electron chi connectivity index (χ1n) is 13.6. The van der Waals surface area contributed by atoms with E-state index in [9.17, 15) is 9.90 Å². The van der Waals surface area contributed by atoms with Crippen LogP contribution in [0.1, 0.15) is 21.6 Å². The van der Waals surface area contributed by atoms with Gasteiger partial charge in [-0.3, -0.25) is 9.67 Å². The van der Waals surface area contributed by atoms with Crippen LogP contribution in [0.3, 0.4) is 0 Å².